The van der Waals surface area contributed by atoms with Gasteiger partial charge in [0.2, 0.25) is 5.91 Å². The van der Waals surface area contributed by atoms with E-state index in [-0.39, 0.29) is 5.91 Å². The number of likely N-dealkylation sites (tertiary alicyclic amines) is 1. The van der Waals surface area contributed by atoms with Gasteiger partial charge in [0.05, 0.1) is 0 Å². The van der Waals surface area contributed by atoms with Crippen LogP contribution in [0.3, 0.4) is 0 Å². The summed E-state index contributed by atoms with van der Waals surface area (Å²) in [7, 11) is 0. The summed E-state index contributed by atoms with van der Waals surface area (Å²) in [5, 5.41) is 0. The molecule has 0 bridgehead atoms. The minimum absolute atomic E-state index is 0.271. The summed E-state index contributed by atoms with van der Waals surface area (Å²) in [6.45, 7) is 3.62. The lowest BCUT2D eigenvalue weighted by molar-refractivity contribution is -0.132. The largest absolute Gasteiger partial charge is 0.342 e. The van der Waals surface area contributed by atoms with Crippen LogP contribution in [0.4, 0.5) is 0 Å². The fraction of sp³-hybridized carbons (Fsp3) is 0.667. The van der Waals surface area contributed by atoms with E-state index in [4.69, 9.17) is 0 Å². The lowest BCUT2D eigenvalue weighted by atomic mass is 10.2. The summed E-state index contributed by atoms with van der Waals surface area (Å²) in [5.74, 6) is 0.271. The van der Waals surface area contributed by atoms with Crippen LogP contribution in [-0.2, 0) is 4.79 Å². The Labute approximate surface area is 49.5 Å². The topological polar surface area (TPSA) is 20.3 Å². The average Bonchev–Trinajstić information content (AvgIpc) is 1.62. The molecular formula is C6H10NO. The highest BCUT2D eigenvalue weighted by atomic mass is 16.2. The standard InChI is InChI=1S/C6H10NO/c1-2-6(8)7-4-3-5-7/h3H,2,4-5H2,1H3. The van der Waals surface area contributed by atoms with Gasteiger partial charge < -0.3 is 4.90 Å². The Morgan fingerprint density at radius 2 is 2.38 bits per heavy atom. The molecule has 0 aliphatic carbocycles. The van der Waals surface area contributed by atoms with Crippen molar-refractivity contribution >= 4 is 5.91 Å². The monoisotopic (exact) mass is 112 g/mol. The first kappa shape index (κ1) is 5.60. The van der Waals surface area contributed by atoms with Gasteiger partial charge >= 0.3 is 0 Å². The fourth-order valence-corrected chi connectivity index (χ4v) is 0.685. The summed E-state index contributed by atoms with van der Waals surface area (Å²) in [5.41, 5.74) is 0. The zero-order chi connectivity index (χ0) is 5.98. The molecule has 0 atom stereocenters. The van der Waals surface area contributed by atoms with E-state index >= 15 is 0 Å². The molecule has 45 valence electrons. The Morgan fingerprint density at radius 3 is 2.50 bits per heavy atom. The summed E-state index contributed by atoms with van der Waals surface area (Å²) < 4.78 is 0. The van der Waals surface area contributed by atoms with E-state index in [9.17, 15) is 4.79 Å². The van der Waals surface area contributed by atoms with Gasteiger partial charge in [-0.2, -0.15) is 0 Å². The summed E-state index contributed by atoms with van der Waals surface area (Å²) in [6.07, 6.45) is 2.74. The minimum atomic E-state index is 0.271. The number of hydrogen-bond donors (Lipinski definition) is 0. The Kier molecular flexibility index (Phi) is 1.51. The smallest absolute Gasteiger partial charge is 0.222 e. The second-order valence-corrected chi connectivity index (χ2v) is 1.94. The molecular weight excluding hydrogens is 102 g/mol. The molecule has 1 fully saturated rings. The number of rotatable bonds is 1. The Morgan fingerprint density at radius 1 is 1.75 bits per heavy atom. The molecule has 0 N–H and O–H groups in total. The molecule has 1 radical (unpaired) electrons. The van der Waals surface area contributed by atoms with Gasteiger partial charge in [-0.3, -0.25) is 4.79 Å². The molecule has 0 saturated carbocycles. The van der Waals surface area contributed by atoms with E-state index in [1.54, 1.807) is 0 Å². The number of hydrogen-bond acceptors (Lipinski definition) is 1. The van der Waals surface area contributed by atoms with Gasteiger partial charge in [-0.25, -0.2) is 0 Å². The Hall–Kier alpha value is -0.530. The molecule has 1 aliphatic rings. The Balaban J connectivity index is 2.24. The van der Waals surface area contributed by atoms with E-state index < -0.39 is 0 Å². The van der Waals surface area contributed by atoms with Crippen LogP contribution in [-0.4, -0.2) is 23.9 Å². The second kappa shape index (κ2) is 2.16. The lowest BCUT2D eigenvalue weighted by Crippen LogP contribution is -2.42. The number of carbonyl (C=O) groups excluding carboxylic acids is 1. The van der Waals surface area contributed by atoms with Gasteiger partial charge in [0.25, 0.3) is 0 Å². The molecule has 1 amide bonds. The van der Waals surface area contributed by atoms with Crippen molar-refractivity contribution in [2.45, 2.75) is 13.3 Å². The van der Waals surface area contributed by atoms with E-state index in [0.29, 0.717) is 6.42 Å². The van der Waals surface area contributed by atoms with Gasteiger partial charge in [-0.1, -0.05) is 6.92 Å². The highest BCUT2D eigenvalue weighted by Crippen LogP contribution is 2.05. The van der Waals surface area contributed by atoms with Crippen molar-refractivity contribution in [1.29, 1.82) is 0 Å². The van der Waals surface area contributed by atoms with Crippen molar-refractivity contribution in [3.05, 3.63) is 6.42 Å². The predicted molar refractivity (Wildman–Crippen MR) is 31.2 cm³/mol. The molecule has 0 spiro atoms. The van der Waals surface area contributed by atoms with Gasteiger partial charge in [0.15, 0.2) is 0 Å². The molecule has 1 aliphatic heterocycles. The van der Waals surface area contributed by atoms with Gasteiger partial charge in [-0.15, -0.1) is 0 Å². The van der Waals surface area contributed by atoms with Crippen molar-refractivity contribution < 1.29 is 4.79 Å². The maximum absolute atomic E-state index is 10.7. The maximum Gasteiger partial charge on any atom is 0.222 e. The van der Waals surface area contributed by atoms with Crippen molar-refractivity contribution in [1.82, 2.24) is 4.90 Å². The van der Waals surface area contributed by atoms with E-state index in [1.807, 2.05) is 11.8 Å². The summed E-state index contributed by atoms with van der Waals surface area (Å²) in [6, 6.07) is 0. The van der Waals surface area contributed by atoms with E-state index in [0.717, 1.165) is 13.1 Å². The van der Waals surface area contributed by atoms with Crippen molar-refractivity contribution in [2.75, 3.05) is 13.1 Å². The number of amides is 1. The third-order valence-electron chi connectivity index (χ3n) is 1.35. The molecule has 2 nitrogen and oxygen atoms in total. The molecule has 0 aromatic carbocycles. The zero-order valence-electron chi connectivity index (χ0n) is 5.05. The minimum Gasteiger partial charge on any atom is -0.342 e. The second-order valence-electron chi connectivity index (χ2n) is 1.94. The van der Waals surface area contributed by atoms with Crippen LogP contribution in [0, 0.1) is 6.42 Å². The SMILES string of the molecule is CCC(=O)N1C[CH]C1. The van der Waals surface area contributed by atoms with Crippen LogP contribution in [0.25, 0.3) is 0 Å². The molecule has 1 saturated heterocycles. The van der Waals surface area contributed by atoms with Crippen LogP contribution in [0.5, 0.6) is 0 Å². The van der Waals surface area contributed by atoms with Crippen molar-refractivity contribution in [3.8, 4) is 0 Å². The molecule has 1 heterocycles. The normalized spacial score (nSPS) is 17.9. The summed E-state index contributed by atoms with van der Waals surface area (Å²) >= 11 is 0. The van der Waals surface area contributed by atoms with E-state index in [2.05, 4.69) is 6.42 Å². The first-order valence-electron chi connectivity index (χ1n) is 2.94. The molecule has 0 aromatic rings. The number of carbonyl (C=O) groups is 1. The third kappa shape index (κ3) is 0.831. The van der Waals surface area contributed by atoms with Gasteiger partial charge in [0.1, 0.15) is 0 Å². The van der Waals surface area contributed by atoms with Crippen LogP contribution >= 0.6 is 0 Å². The third-order valence-corrected chi connectivity index (χ3v) is 1.35. The lowest BCUT2D eigenvalue weighted by Gasteiger charge is -2.30. The zero-order valence-corrected chi connectivity index (χ0v) is 5.05. The Bertz CT molecular complexity index is 96.7. The highest BCUT2D eigenvalue weighted by Gasteiger charge is 2.17. The fourth-order valence-electron chi connectivity index (χ4n) is 0.685. The van der Waals surface area contributed by atoms with Gasteiger partial charge in [0, 0.05) is 25.9 Å². The van der Waals surface area contributed by atoms with Crippen LogP contribution in [0.2, 0.25) is 0 Å². The maximum atomic E-state index is 10.7. The molecule has 0 aromatic heterocycles. The van der Waals surface area contributed by atoms with Crippen LogP contribution < -0.4 is 0 Å². The predicted octanol–water partition coefficient (Wildman–Crippen LogP) is 0.443. The molecule has 1 rings (SSSR count). The van der Waals surface area contributed by atoms with Gasteiger partial charge in [-0.05, 0) is 0 Å². The first-order chi connectivity index (χ1) is 3.84. The molecule has 2 heteroatoms. The van der Waals surface area contributed by atoms with Crippen LogP contribution in [0.1, 0.15) is 13.3 Å². The number of nitrogens with zero attached hydrogens (tertiary/aromatic N) is 1. The van der Waals surface area contributed by atoms with Crippen LogP contribution in [0.15, 0.2) is 0 Å². The molecule has 8 heavy (non-hydrogen) atoms. The van der Waals surface area contributed by atoms with Crippen molar-refractivity contribution in [2.24, 2.45) is 0 Å². The summed E-state index contributed by atoms with van der Waals surface area (Å²) in [4.78, 5) is 12.5. The van der Waals surface area contributed by atoms with E-state index in [1.165, 1.54) is 0 Å². The highest BCUT2D eigenvalue weighted by molar-refractivity contribution is 5.76. The quantitative estimate of drug-likeness (QED) is 0.482. The van der Waals surface area contributed by atoms with Crippen molar-refractivity contribution in [3.63, 3.8) is 0 Å². The average molecular weight is 112 g/mol. The first-order valence-corrected chi connectivity index (χ1v) is 2.94. The molecule has 0 unspecified atom stereocenters.